The normalized spacial score (nSPS) is 11.9. The Morgan fingerprint density at radius 1 is 0.468 bits per heavy atom. The number of alkyl halides is 1. The molecule has 0 fully saturated rings. The van der Waals surface area contributed by atoms with E-state index < -0.39 is 0 Å². The Labute approximate surface area is 383 Å². The number of hydrogen-bond donors (Lipinski definition) is 0. The molecule has 2 aromatic heterocycles. The number of halogens is 1. The Bertz CT molecular complexity index is 3080. The number of benzene rings is 8. The predicted molar refractivity (Wildman–Crippen MR) is 281 cm³/mol. The Kier molecular flexibility index (Phi) is 13.8. The Balaban J connectivity index is 0.000000180. The summed E-state index contributed by atoms with van der Waals surface area (Å²) in [4.78, 5) is 4.14. The van der Waals surface area contributed by atoms with Crippen LogP contribution < -0.4 is 4.90 Å². The summed E-state index contributed by atoms with van der Waals surface area (Å²) in [7, 11) is 2.07. The molecular weight excluding hydrogens is 886 g/mol. The van der Waals surface area contributed by atoms with Gasteiger partial charge in [-0.2, -0.15) is 0 Å². The summed E-state index contributed by atoms with van der Waals surface area (Å²) in [6.45, 7) is 4.24. The van der Waals surface area contributed by atoms with E-state index in [-0.39, 0.29) is 0 Å². The molecule has 62 heavy (non-hydrogen) atoms. The molecular formula is C58H50INOS. The molecule has 0 radical (unpaired) electrons. The van der Waals surface area contributed by atoms with Crippen molar-refractivity contribution in [3.8, 4) is 22.3 Å². The molecule has 8 aromatic carbocycles. The van der Waals surface area contributed by atoms with Crippen molar-refractivity contribution in [2.45, 2.75) is 26.7 Å². The molecule has 0 N–H and O–H groups in total. The van der Waals surface area contributed by atoms with E-state index in [1.807, 2.05) is 40.5 Å². The van der Waals surface area contributed by atoms with Gasteiger partial charge in [0.2, 0.25) is 0 Å². The number of allylic oxidation sites excluding steroid dienone is 4. The zero-order valence-electron chi connectivity index (χ0n) is 35.7. The van der Waals surface area contributed by atoms with Gasteiger partial charge < -0.3 is 9.32 Å². The van der Waals surface area contributed by atoms with E-state index in [9.17, 15) is 0 Å². The van der Waals surface area contributed by atoms with E-state index in [2.05, 4.69) is 230 Å². The SMILES string of the molecule is C1=CCCC(c2ccc3sc4cc(-c5cccc(-c6ccc7c(c6)oc6ccccc67)c5)ccc4c3c2)=C1.CI.CN(c1ccccc1)c1ccccc1.Cc1ccccc1C. The van der Waals surface area contributed by atoms with Crippen LogP contribution in [0.5, 0.6) is 0 Å². The van der Waals surface area contributed by atoms with Crippen molar-refractivity contribution >= 4 is 93.0 Å². The fourth-order valence-corrected chi connectivity index (χ4v) is 9.02. The first kappa shape index (κ1) is 42.5. The number of thiophene rings is 1. The van der Waals surface area contributed by atoms with Gasteiger partial charge in [-0.05, 0) is 143 Å². The lowest BCUT2D eigenvalue weighted by molar-refractivity contribution is 0.669. The predicted octanol–water partition coefficient (Wildman–Crippen LogP) is 17.8. The van der Waals surface area contributed by atoms with Gasteiger partial charge in [-0.15, -0.1) is 11.3 Å². The Morgan fingerprint density at radius 3 is 1.68 bits per heavy atom. The maximum Gasteiger partial charge on any atom is 0.136 e. The van der Waals surface area contributed by atoms with E-state index in [0.29, 0.717) is 0 Å². The zero-order chi connectivity index (χ0) is 42.8. The van der Waals surface area contributed by atoms with Gasteiger partial charge in [0.1, 0.15) is 11.2 Å². The molecule has 0 bridgehead atoms. The zero-order valence-corrected chi connectivity index (χ0v) is 38.7. The summed E-state index contributed by atoms with van der Waals surface area (Å²) in [6, 6.07) is 66.5. The van der Waals surface area contributed by atoms with Crippen molar-refractivity contribution in [3.63, 3.8) is 0 Å². The monoisotopic (exact) mass is 935 g/mol. The van der Waals surface area contributed by atoms with Gasteiger partial charge in [0.15, 0.2) is 0 Å². The fraction of sp³-hybridized carbons (Fsp3) is 0.103. The molecule has 2 nitrogen and oxygen atoms in total. The van der Waals surface area contributed by atoms with E-state index in [4.69, 9.17) is 4.42 Å². The number of rotatable bonds is 5. The Morgan fingerprint density at radius 2 is 1.03 bits per heavy atom. The second-order valence-corrected chi connectivity index (χ2v) is 16.5. The first-order valence-electron chi connectivity index (χ1n) is 21.1. The van der Waals surface area contributed by atoms with Crippen LogP contribution in [-0.4, -0.2) is 12.0 Å². The minimum Gasteiger partial charge on any atom is -0.456 e. The molecule has 1 aliphatic rings. The summed E-state index contributed by atoms with van der Waals surface area (Å²) in [6.07, 6.45) is 8.94. The first-order valence-corrected chi connectivity index (χ1v) is 24.0. The number of anilines is 2. The quantitative estimate of drug-likeness (QED) is 0.126. The minimum absolute atomic E-state index is 0.931. The highest BCUT2D eigenvalue weighted by molar-refractivity contribution is 14.1. The van der Waals surface area contributed by atoms with Crippen molar-refractivity contribution < 1.29 is 4.42 Å². The van der Waals surface area contributed by atoms with Gasteiger partial charge in [-0.25, -0.2) is 0 Å². The standard InChI is InChI=1S/C36H24OS.C13H13N.C8H10.CH3I/c1-2-7-23(8-3-1)26-15-18-35-32(20-26)31-17-14-28(22-36(31)38-35)25-10-6-9-24(19-25)27-13-16-30-29-11-4-5-12-33(29)37-34(30)21-27;1-14(12-8-4-2-5-9-12)13-10-6-3-7-11-13;1-7-5-3-4-6-8(7)2;1-2/h1-2,4-7,9-22H,3,8H2;2-11H,1H3;3-6H,1-2H3;1H3. The number of para-hydroxylation sites is 3. The average Bonchev–Trinajstić information content (AvgIpc) is 3.91. The molecule has 0 aliphatic heterocycles. The highest BCUT2D eigenvalue weighted by Gasteiger charge is 2.12. The van der Waals surface area contributed by atoms with Crippen LogP contribution in [0, 0.1) is 13.8 Å². The van der Waals surface area contributed by atoms with Gasteiger partial charge in [0, 0.05) is 49.4 Å². The lowest BCUT2D eigenvalue weighted by Gasteiger charge is -2.18. The largest absolute Gasteiger partial charge is 0.456 e. The van der Waals surface area contributed by atoms with Crippen LogP contribution in [0.15, 0.2) is 211 Å². The van der Waals surface area contributed by atoms with Crippen LogP contribution in [0.2, 0.25) is 0 Å². The third kappa shape index (κ3) is 9.63. The summed E-state index contributed by atoms with van der Waals surface area (Å²) in [5, 5.41) is 5.03. The molecule has 10 aromatic rings. The molecule has 4 heteroatoms. The topological polar surface area (TPSA) is 16.4 Å². The summed E-state index contributed by atoms with van der Waals surface area (Å²) < 4.78 is 8.83. The van der Waals surface area contributed by atoms with Crippen LogP contribution in [0.4, 0.5) is 11.4 Å². The number of nitrogens with zero attached hydrogens (tertiary/aromatic N) is 1. The fourth-order valence-electron chi connectivity index (χ4n) is 7.90. The van der Waals surface area contributed by atoms with Crippen molar-refractivity contribution in [2.24, 2.45) is 0 Å². The second kappa shape index (κ2) is 20.1. The highest BCUT2D eigenvalue weighted by Crippen LogP contribution is 2.39. The van der Waals surface area contributed by atoms with Crippen molar-refractivity contribution in [1.82, 2.24) is 0 Å². The number of furan rings is 1. The molecule has 0 unspecified atom stereocenters. The third-order valence-electron chi connectivity index (χ3n) is 11.5. The Hall–Kier alpha value is -6.21. The van der Waals surface area contributed by atoms with E-state index in [1.165, 1.54) is 81.5 Å². The van der Waals surface area contributed by atoms with E-state index >= 15 is 0 Å². The number of fused-ring (bicyclic) bond motifs is 6. The molecule has 0 spiro atoms. The summed E-state index contributed by atoms with van der Waals surface area (Å²) in [5.74, 6) is 0. The molecule has 1 aliphatic carbocycles. The third-order valence-corrected chi connectivity index (χ3v) is 12.6. The van der Waals surface area contributed by atoms with Crippen molar-refractivity contribution in [2.75, 3.05) is 16.9 Å². The van der Waals surface area contributed by atoms with Crippen molar-refractivity contribution in [1.29, 1.82) is 0 Å². The van der Waals surface area contributed by atoms with Crippen molar-refractivity contribution in [3.05, 3.63) is 223 Å². The average molecular weight is 936 g/mol. The van der Waals surface area contributed by atoms with Gasteiger partial charge in [-0.1, -0.05) is 162 Å². The molecule has 0 atom stereocenters. The lowest BCUT2D eigenvalue weighted by Crippen LogP contribution is -2.08. The molecule has 11 rings (SSSR count). The summed E-state index contributed by atoms with van der Waals surface area (Å²) >= 11 is 4.03. The number of aryl methyl sites for hydroxylation is 2. The summed E-state index contributed by atoms with van der Waals surface area (Å²) in [5.41, 5.74) is 14.6. The van der Waals surface area contributed by atoms with Gasteiger partial charge in [-0.3, -0.25) is 0 Å². The minimum atomic E-state index is 0.931. The highest BCUT2D eigenvalue weighted by atomic mass is 127. The van der Waals surface area contributed by atoms with Crippen LogP contribution in [0.3, 0.4) is 0 Å². The molecule has 0 saturated heterocycles. The smallest absolute Gasteiger partial charge is 0.136 e. The maximum atomic E-state index is 6.15. The van der Waals surface area contributed by atoms with Crippen LogP contribution >= 0.6 is 33.9 Å². The van der Waals surface area contributed by atoms with E-state index in [1.54, 1.807) is 0 Å². The molecule has 2 heterocycles. The van der Waals surface area contributed by atoms with Gasteiger partial charge in [0.25, 0.3) is 0 Å². The first-order chi connectivity index (χ1) is 30.5. The van der Waals surface area contributed by atoms with Crippen LogP contribution in [0.25, 0.3) is 69.9 Å². The lowest BCUT2D eigenvalue weighted by atomic mass is 9.95. The van der Waals surface area contributed by atoms with Crippen LogP contribution in [-0.2, 0) is 0 Å². The second-order valence-electron chi connectivity index (χ2n) is 15.4. The molecule has 0 amide bonds. The maximum absolute atomic E-state index is 6.15. The molecule has 0 saturated carbocycles. The van der Waals surface area contributed by atoms with Crippen LogP contribution in [0.1, 0.15) is 29.5 Å². The van der Waals surface area contributed by atoms with E-state index in [0.717, 1.165) is 29.4 Å². The van der Waals surface area contributed by atoms with Gasteiger partial charge in [0.05, 0.1) is 0 Å². The van der Waals surface area contributed by atoms with Gasteiger partial charge >= 0.3 is 0 Å². The molecule has 306 valence electrons. The number of hydrogen-bond acceptors (Lipinski definition) is 3.